The fraction of sp³-hybridized carbons (Fsp3) is 0.941. The molecule has 0 aromatic rings. The van der Waals surface area contributed by atoms with Crippen LogP contribution in [0.5, 0.6) is 0 Å². The molecule has 0 fully saturated rings. The molecule has 1 atom stereocenters. The molecule has 0 radical (unpaired) electrons. The topological polar surface area (TPSA) is 52.3 Å². The highest BCUT2D eigenvalue weighted by molar-refractivity contribution is 5.71. The second-order valence-corrected chi connectivity index (χ2v) is 6.10. The van der Waals surface area contributed by atoms with E-state index in [1.54, 1.807) is 0 Å². The molecule has 0 saturated carbocycles. The second-order valence-electron chi connectivity index (χ2n) is 6.10. The van der Waals surface area contributed by atoms with Crippen LogP contribution in [0.4, 0.5) is 0 Å². The van der Waals surface area contributed by atoms with E-state index < -0.39 is 0 Å². The van der Waals surface area contributed by atoms with Gasteiger partial charge in [0.25, 0.3) is 0 Å². The molecule has 0 aliphatic heterocycles. The quantitative estimate of drug-likeness (QED) is 0.398. The average Bonchev–Trinajstić information content (AvgIpc) is 2.43. The minimum atomic E-state index is -0.309. The monoisotopic (exact) mass is 285 g/mol. The molecule has 0 rings (SSSR count). The molecule has 20 heavy (non-hydrogen) atoms. The summed E-state index contributed by atoms with van der Waals surface area (Å²) in [6.45, 7) is 6.50. The van der Waals surface area contributed by atoms with Crippen LogP contribution in [0.25, 0.3) is 0 Å². The van der Waals surface area contributed by atoms with Crippen LogP contribution in [-0.4, -0.2) is 18.1 Å². The van der Waals surface area contributed by atoms with E-state index in [2.05, 4.69) is 20.8 Å². The lowest BCUT2D eigenvalue weighted by atomic mass is 9.91. The van der Waals surface area contributed by atoms with Crippen LogP contribution in [-0.2, 0) is 9.53 Å². The molecule has 0 aromatic carbocycles. The molecule has 1 unspecified atom stereocenters. The number of hydrogen-bond donors (Lipinski definition) is 1. The molecule has 0 saturated heterocycles. The lowest BCUT2D eigenvalue weighted by molar-refractivity contribution is -0.158. The fourth-order valence-corrected chi connectivity index (χ4v) is 2.57. The molecule has 0 aliphatic rings. The number of carbonyl (C=O) groups is 1. The molecular formula is C17H35NO2. The largest absolute Gasteiger partial charge is 0.458 e. The molecule has 3 heteroatoms. The van der Waals surface area contributed by atoms with Crippen molar-refractivity contribution in [3.8, 4) is 0 Å². The van der Waals surface area contributed by atoms with Gasteiger partial charge in [-0.25, -0.2) is 0 Å². The van der Waals surface area contributed by atoms with E-state index in [9.17, 15) is 4.79 Å². The highest BCUT2D eigenvalue weighted by atomic mass is 16.6. The van der Waals surface area contributed by atoms with Crippen LogP contribution < -0.4 is 5.73 Å². The smallest absolute Gasteiger partial charge is 0.320 e. The zero-order valence-corrected chi connectivity index (χ0v) is 13.9. The average molecular weight is 285 g/mol. The summed E-state index contributed by atoms with van der Waals surface area (Å²) in [5.74, 6) is -0.267. The molecule has 0 spiro atoms. The van der Waals surface area contributed by atoms with Crippen LogP contribution in [0.3, 0.4) is 0 Å². The molecule has 0 bridgehead atoms. The summed E-state index contributed by atoms with van der Waals surface area (Å²) in [6.07, 6.45) is 13.0. The zero-order valence-electron chi connectivity index (χ0n) is 13.9. The van der Waals surface area contributed by atoms with Gasteiger partial charge in [-0.3, -0.25) is 4.79 Å². The van der Waals surface area contributed by atoms with Gasteiger partial charge in [0.15, 0.2) is 0 Å². The third kappa shape index (κ3) is 10.2. The summed E-state index contributed by atoms with van der Waals surface area (Å²) in [4.78, 5) is 11.5. The molecule has 0 aliphatic carbocycles. The summed E-state index contributed by atoms with van der Waals surface area (Å²) < 4.78 is 5.61. The van der Waals surface area contributed by atoms with Crippen LogP contribution in [0, 0.1) is 0 Å². The van der Waals surface area contributed by atoms with Crippen molar-refractivity contribution in [1.82, 2.24) is 0 Å². The molecule has 0 heterocycles. The first-order valence-electron chi connectivity index (χ1n) is 8.50. The van der Waals surface area contributed by atoms with E-state index in [0.29, 0.717) is 0 Å². The minimum Gasteiger partial charge on any atom is -0.458 e. The van der Waals surface area contributed by atoms with Crippen molar-refractivity contribution in [2.24, 2.45) is 5.73 Å². The van der Waals surface area contributed by atoms with Gasteiger partial charge < -0.3 is 10.5 Å². The predicted octanol–water partition coefficient (Wildman–Crippen LogP) is 4.58. The normalized spacial score (nSPS) is 14.0. The van der Waals surface area contributed by atoms with E-state index in [4.69, 9.17) is 10.5 Å². The number of esters is 1. The Balaban J connectivity index is 4.12. The first-order chi connectivity index (χ1) is 9.58. The van der Waals surface area contributed by atoms with Crippen molar-refractivity contribution in [2.75, 3.05) is 6.54 Å². The molecule has 3 nitrogen and oxygen atoms in total. The molecule has 2 N–H and O–H groups in total. The molecule has 120 valence electrons. The fourth-order valence-electron chi connectivity index (χ4n) is 2.57. The summed E-state index contributed by atoms with van der Waals surface area (Å²) in [6, 6.07) is 0. The Hall–Kier alpha value is -0.570. The van der Waals surface area contributed by atoms with Crippen molar-refractivity contribution in [3.63, 3.8) is 0 Å². The summed E-state index contributed by atoms with van der Waals surface area (Å²) in [7, 11) is 0. The van der Waals surface area contributed by atoms with Crippen molar-refractivity contribution >= 4 is 5.97 Å². The highest BCUT2D eigenvalue weighted by Gasteiger charge is 2.27. The number of carbonyl (C=O) groups excluding carboxylic acids is 1. The highest BCUT2D eigenvalue weighted by Crippen LogP contribution is 2.26. The Labute approximate surface area is 125 Å². The first kappa shape index (κ1) is 19.4. The number of ether oxygens (including phenoxy) is 1. The van der Waals surface area contributed by atoms with Gasteiger partial charge in [0, 0.05) is 0 Å². The Morgan fingerprint density at radius 2 is 1.35 bits per heavy atom. The van der Waals surface area contributed by atoms with Crippen molar-refractivity contribution in [1.29, 1.82) is 0 Å². The molecular weight excluding hydrogens is 250 g/mol. The summed E-state index contributed by atoms with van der Waals surface area (Å²) >= 11 is 0. The maximum atomic E-state index is 11.5. The van der Waals surface area contributed by atoms with Gasteiger partial charge in [-0.2, -0.15) is 0 Å². The Bertz CT molecular complexity index is 243. The van der Waals surface area contributed by atoms with E-state index >= 15 is 0 Å². The lowest BCUT2D eigenvalue weighted by Crippen LogP contribution is -2.34. The third-order valence-corrected chi connectivity index (χ3v) is 3.90. The standard InChI is InChI=1S/C17H35NO2/c1-4-6-8-10-12-14-17(3,20-16(19)15-18)13-11-9-7-5-2/h4-15,18H2,1-3H3. The van der Waals surface area contributed by atoms with E-state index in [0.717, 1.165) is 25.7 Å². The predicted molar refractivity (Wildman–Crippen MR) is 85.7 cm³/mol. The number of nitrogens with two attached hydrogens (primary N) is 1. The van der Waals surface area contributed by atoms with Crippen LogP contribution in [0.1, 0.15) is 91.4 Å². The van der Waals surface area contributed by atoms with E-state index in [1.165, 1.54) is 44.9 Å². The van der Waals surface area contributed by atoms with E-state index in [-0.39, 0.29) is 18.1 Å². The van der Waals surface area contributed by atoms with Gasteiger partial charge in [-0.05, 0) is 32.6 Å². The van der Waals surface area contributed by atoms with Crippen molar-refractivity contribution in [3.05, 3.63) is 0 Å². The second kappa shape index (κ2) is 12.2. The van der Waals surface area contributed by atoms with Crippen LogP contribution >= 0.6 is 0 Å². The first-order valence-corrected chi connectivity index (χ1v) is 8.50. The van der Waals surface area contributed by atoms with Crippen molar-refractivity contribution < 1.29 is 9.53 Å². The van der Waals surface area contributed by atoms with Gasteiger partial charge in [0.2, 0.25) is 0 Å². The number of rotatable bonds is 13. The number of unbranched alkanes of at least 4 members (excludes halogenated alkanes) is 7. The van der Waals surface area contributed by atoms with Crippen LogP contribution in [0.15, 0.2) is 0 Å². The maximum Gasteiger partial charge on any atom is 0.320 e. The van der Waals surface area contributed by atoms with E-state index in [1.807, 2.05) is 0 Å². The summed E-state index contributed by atoms with van der Waals surface area (Å²) in [5, 5.41) is 0. The third-order valence-electron chi connectivity index (χ3n) is 3.90. The van der Waals surface area contributed by atoms with Gasteiger partial charge >= 0.3 is 5.97 Å². The Morgan fingerprint density at radius 1 is 0.900 bits per heavy atom. The van der Waals surface area contributed by atoms with Gasteiger partial charge in [0.05, 0.1) is 6.54 Å². The molecule has 0 aromatic heterocycles. The SMILES string of the molecule is CCCCCCCC(C)(CCCCCC)OC(=O)CN. The molecule has 0 amide bonds. The maximum absolute atomic E-state index is 11.5. The van der Waals surface area contributed by atoms with Crippen LogP contribution in [0.2, 0.25) is 0 Å². The van der Waals surface area contributed by atoms with Crippen molar-refractivity contribution in [2.45, 2.75) is 97.0 Å². The Morgan fingerprint density at radius 3 is 1.80 bits per heavy atom. The lowest BCUT2D eigenvalue weighted by Gasteiger charge is -2.30. The van der Waals surface area contributed by atoms with Gasteiger partial charge in [0.1, 0.15) is 5.60 Å². The zero-order chi connectivity index (χ0) is 15.3. The van der Waals surface area contributed by atoms with Gasteiger partial charge in [-0.1, -0.05) is 58.8 Å². The summed E-state index contributed by atoms with van der Waals surface area (Å²) in [5.41, 5.74) is 5.07. The minimum absolute atomic E-state index is 0.0135. The number of hydrogen-bond acceptors (Lipinski definition) is 3. The Kier molecular flexibility index (Phi) is 11.8. The van der Waals surface area contributed by atoms with Gasteiger partial charge in [-0.15, -0.1) is 0 Å².